The van der Waals surface area contributed by atoms with Crippen molar-refractivity contribution in [1.29, 1.82) is 0 Å². The summed E-state index contributed by atoms with van der Waals surface area (Å²) in [5, 5.41) is 11.1. The van der Waals surface area contributed by atoms with E-state index in [4.69, 9.17) is 4.43 Å². The van der Waals surface area contributed by atoms with Crippen LogP contribution in [0.2, 0.25) is 19.6 Å². The number of hydrogen-bond acceptors (Lipinski definition) is 2. The summed E-state index contributed by atoms with van der Waals surface area (Å²) in [4.78, 5) is 0. The molecule has 0 saturated heterocycles. The smallest absolute Gasteiger partial charge is 0.875 e. The van der Waals surface area contributed by atoms with Gasteiger partial charge in [0.1, 0.15) is 0 Å². The summed E-state index contributed by atoms with van der Waals surface area (Å²) in [7, 11) is -1.37. The van der Waals surface area contributed by atoms with Gasteiger partial charge in [-0.05, 0) is 83.0 Å². The van der Waals surface area contributed by atoms with E-state index in [-0.39, 0.29) is 18.9 Å². The van der Waals surface area contributed by atoms with Crippen molar-refractivity contribution >= 4 is 8.32 Å². The van der Waals surface area contributed by atoms with Crippen LogP contribution >= 0.6 is 0 Å². The quantitative estimate of drug-likeness (QED) is 0.416. The van der Waals surface area contributed by atoms with Gasteiger partial charge in [0.05, 0.1) is 5.76 Å². The molecule has 0 saturated carbocycles. The van der Waals surface area contributed by atoms with Gasteiger partial charge in [0.15, 0.2) is 0 Å². The largest absolute Gasteiger partial charge is 1.00 e. The molecule has 0 aromatic heterocycles. The molecule has 0 bridgehead atoms. The van der Waals surface area contributed by atoms with Gasteiger partial charge in [0.25, 0.3) is 0 Å². The van der Waals surface area contributed by atoms with Gasteiger partial charge >= 0.3 is 18.9 Å². The zero-order valence-corrected chi connectivity index (χ0v) is 20.2. The van der Waals surface area contributed by atoms with Crippen molar-refractivity contribution in [3.05, 3.63) is 22.7 Å². The summed E-state index contributed by atoms with van der Waals surface area (Å²) in [6.45, 7) is 11.3. The molecule has 2 aliphatic rings. The molecule has 2 aliphatic carbocycles. The molecule has 0 aromatic rings. The minimum absolute atomic E-state index is 0. The Bertz CT molecular complexity index is 463. The van der Waals surface area contributed by atoms with Crippen molar-refractivity contribution in [3.8, 4) is 0 Å². The van der Waals surface area contributed by atoms with Crippen molar-refractivity contribution in [3.63, 3.8) is 0 Å². The Morgan fingerprint density at radius 2 is 1.30 bits per heavy atom. The van der Waals surface area contributed by atoms with Gasteiger partial charge in [0.2, 0.25) is 8.32 Å². The van der Waals surface area contributed by atoms with Crippen molar-refractivity contribution in [2.75, 3.05) is 0 Å². The van der Waals surface area contributed by atoms with Crippen LogP contribution in [-0.2, 0) is 4.43 Å². The maximum Gasteiger partial charge on any atom is 1.00 e. The zero-order chi connectivity index (χ0) is 19.4. The van der Waals surface area contributed by atoms with E-state index in [1.807, 2.05) is 0 Å². The predicted molar refractivity (Wildman–Crippen MR) is 114 cm³/mol. The van der Waals surface area contributed by atoms with E-state index < -0.39 is 8.32 Å². The van der Waals surface area contributed by atoms with Crippen molar-refractivity contribution in [1.82, 2.24) is 0 Å². The number of rotatable bonds is 10. The van der Waals surface area contributed by atoms with Crippen LogP contribution in [0.3, 0.4) is 0 Å². The second-order valence-corrected chi connectivity index (χ2v) is 13.3. The van der Waals surface area contributed by atoms with Gasteiger partial charge in [-0.3, -0.25) is 0 Å². The molecule has 0 aromatic carbocycles. The first-order chi connectivity index (χ1) is 12.4. The van der Waals surface area contributed by atoms with Crippen LogP contribution in [0.15, 0.2) is 22.7 Å². The molecule has 2 nitrogen and oxygen atoms in total. The standard InChI is InChI=1S/C13H26OSi.C10H18O.Li/c1-5-6-7-9-12-10-8-11-13(12)14-15(2,3)4;1-2-3-4-6-9-7-5-8-10(9)11;/h5-11H2,1-4H3;11H,2-8H2,1H3;/q;;+1/p-1. The Balaban J connectivity index is 0.000000504. The van der Waals surface area contributed by atoms with Gasteiger partial charge in [-0.25, -0.2) is 0 Å². The molecule has 0 spiro atoms. The Morgan fingerprint density at radius 1 is 0.778 bits per heavy atom. The third-order valence-electron chi connectivity index (χ3n) is 5.15. The molecule has 27 heavy (non-hydrogen) atoms. The minimum atomic E-state index is -1.37. The summed E-state index contributed by atoms with van der Waals surface area (Å²) in [5.41, 5.74) is 2.85. The maximum absolute atomic E-state index is 11.1. The monoisotopic (exact) mass is 386 g/mol. The molecule has 0 amide bonds. The van der Waals surface area contributed by atoms with Gasteiger partial charge in [-0.15, -0.1) is 5.76 Å². The third-order valence-corrected chi connectivity index (χ3v) is 6.01. The number of unbranched alkanes of at least 4 members (excludes halogenated alkanes) is 4. The van der Waals surface area contributed by atoms with Crippen LogP contribution in [0.5, 0.6) is 0 Å². The van der Waals surface area contributed by atoms with Gasteiger partial charge in [-0.1, -0.05) is 45.1 Å². The van der Waals surface area contributed by atoms with E-state index in [2.05, 4.69) is 33.5 Å². The molecule has 0 aliphatic heterocycles. The first-order valence-electron chi connectivity index (χ1n) is 11.1. The topological polar surface area (TPSA) is 32.3 Å². The summed E-state index contributed by atoms with van der Waals surface area (Å²) in [6.07, 6.45) is 17.0. The second-order valence-electron chi connectivity index (χ2n) is 8.89. The molecule has 2 rings (SSSR count). The zero-order valence-electron chi connectivity index (χ0n) is 19.2. The van der Waals surface area contributed by atoms with Crippen LogP contribution in [0, 0.1) is 0 Å². The fourth-order valence-corrected chi connectivity index (χ4v) is 4.74. The van der Waals surface area contributed by atoms with Crippen LogP contribution in [0.1, 0.15) is 104 Å². The van der Waals surface area contributed by atoms with Crippen LogP contribution in [0.25, 0.3) is 0 Å². The van der Waals surface area contributed by atoms with E-state index in [0.29, 0.717) is 5.76 Å². The maximum atomic E-state index is 11.1. The Morgan fingerprint density at radius 3 is 1.78 bits per heavy atom. The molecule has 152 valence electrons. The summed E-state index contributed by atoms with van der Waals surface area (Å²) in [6, 6.07) is 0. The molecule has 0 fully saturated rings. The minimum Gasteiger partial charge on any atom is -0.875 e. The molecule has 0 unspecified atom stereocenters. The first-order valence-corrected chi connectivity index (χ1v) is 14.6. The summed E-state index contributed by atoms with van der Waals surface area (Å²) >= 11 is 0. The van der Waals surface area contributed by atoms with Crippen molar-refractivity contribution < 1.29 is 28.4 Å². The molecule has 0 radical (unpaired) electrons. The van der Waals surface area contributed by atoms with Crippen LogP contribution < -0.4 is 24.0 Å². The van der Waals surface area contributed by atoms with E-state index in [1.165, 1.54) is 75.5 Å². The Hall–Kier alpha value is -0.106. The van der Waals surface area contributed by atoms with Crippen molar-refractivity contribution in [2.24, 2.45) is 0 Å². The molecular weight excluding hydrogens is 343 g/mol. The number of hydrogen-bond donors (Lipinski definition) is 0. The second kappa shape index (κ2) is 14.8. The SMILES string of the molecule is CCCCCC1=C(O[Si](C)(C)C)CCC1.CCCCCC1=C([O-])CCC1.[Li+]. The number of allylic oxidation sites excluding steroid dienone is 4. The van der Waals surface area contributed by atoms with Crippen LogP contribution in [0.4, 0.5) is 0 Å². The van der Waals surface area contributed by atoms with E-state index in [1.54, 1.807) is 5.57 Å². The molecule has 4 heteroatoms. The predicted octanol–water partition coefficient (Wildman–Crippen LogP) is 4.23. The average Bonchev–Trinajstić information content (AvgIpc) is 3.17. The normalized spacial score (nSPS) is 16.9. The molecule has 0 atom stereocenters. The Kier molecular flexibility index (Phi) is 14.8. The Labute approximate surface area is 182 Å². The fourth-order valence-electron chi connectivity index (χ4n) is 3.76. The van der Waals surface area contributed by atoms with Gasteiger partial charge in [0, 0.05) is 6.42 Å². The van der Waals surface area contributed by atoms with Crippen molar-refractivity contribution in [2.45, 2.75) is 123 Å². The third kappa shape index (κ3) is 12.1. The first kappa shape index (κ1) is 26.9. The van der Waals surface area contributed by atoms with Crippen LogP contribution in [-0.4, -0.2) is 8.32 Å². The molecule has 0 N–H and O–H groups in total. The summed E-state index contributed by atoms with van der Waals surface area (Å²) in [5.74, 6) is 1.81. The molecular formula is C23H43LiO2Si. The molecule has 0 heterocycles. The average molecular weight is 387 g/mol. The fraction of sp³-hybridized carbons (Fsp3) is 0.826. The van der Waals surface area contributed by atoms with Gasteiger partial charge < -0.3 is 9.53 Å². The summed E-state index contributed by atoms with van der Waals surface area (Å²) < 4.78 is 6.16. The van der Waals surface area contributed by atoms with E-state index in [0.717, 1.165) is 25.7 Å². The van der Waals surface area contributed by atoms with E-state index >= 15 is 0 Å². The van der Waals surface area contributed by atoms with Gasteiger partial charge in [-0.2, -0.15) is 0 Å². The van der Waals surface area contributed by atoms with E-state index in [9.17, 15) is 5.11 Å².